The summed E-state index contributed by atoms with van der Waals surface area (Å²) >= 11 is 2.70. The lowest BCUT2D eigenvalue weighted by molar-refractivity contribution is 1.03. The van der Waals surface area contributed by atoms with Crippen LogP contribution >= 0.6 is 28.4 Å². The Labute approximate surface area is 140 Å². The van der Waals surface area contributed by atoms with Gasteiger partial charge in [0.1, 0.15) is 0 Å². The molecule has 0 heterocycles. The zero-order valence-corrected chi connectivity index (χ0v) is 15.1. The number of benzene rings is 2. The van der Waals surface area contributed by atoms with Crippen molar-refractivity contribution < 1.29 is 0 Å². The van der Waals surface area contributed by atoms with Gasteiger partial charge in [-0.15, -0.1) is 7.20 Å². The molecule has 1 aliphatic carbocycles. The van der Waals surface area contributed by atoms with Crippen LogP contribution in [0.2, 0.25) is 0 Å². The molecule has 0 aliphatic heterocycles. The van der Waals surface area contributed by atoms with E-state index in [4.69, 9.17) is 0 Å². The Balaban J connectivity index is 2.17. The van der Waals surface area contributed by atoms with Gasteiger partial charge in [-0.2, -0.15) is 0 Å². The number of rotatable bonds is 3. The van der Waals surface area contributed by atoms with Crippen molar-refractivity contribution in [2.45, 2.75) is 29.6 Å². The van der Waals surface area contributed by atoms with Gasteiger partial charge in [0, 0.05) is 14.7 Å². The molecule has 0 aromatic heterocycles. The molecule has 2 heteroatoms. The van der Waals surface area contributed by atoms with Crippen LogP contribution in [0.15, 0.2) is 87.5 Å². The highest BCUT2D eigenvalue weighted by Gasteiger charge is 2.29. The fraction of sp³-hybridized carbons (Fsp3) is 0.158. The van der Waals surface area contributed by atoms with Crippen LogP contribution in [0, 0.1) is 6.92 Å². The first-order valence-corrected chi connectivity index (χ1v) is 11.4. The van der Waals surface area contributed by atoms with Crippen LogP contribution in [-0.4, -0.2) is 0 Å². The van der Waals surface area contributed by atoms with E-state index in [1.165, 1.54) is 26.7 Å². The van der Waals surface area contributed by atoms with Crippen LogP contribution in [0.3, 0.4) is 0 Å². The maximum atomic E-state index is 2.70. The van der Waals surface area contributed by atoms with E-state index in [9.17, 15) is 0 Å². The largest absolute Gasteiger partial charge is 0.106 e. The third-order valence-electron chi connectivity index (χ3n) is 3.70. The normalized spacial score (nSPS) is 18.7. The lowest BCUT2D eigenvalue weighted by Crippen LogP contribution is -1.99. The van der Waals surface area contributed by atoms with E-state index >= 15 is 0 Å². The summed E-state index contributed by atoms with van der Waals surface area (Å²) in [5, 5.41) is 0. The lowest BCUT2D eigenvalue weighted by Gasteiger charge is -2.37. The molecule has 1 atom stereocenters. The van der Waals surface area contributed by atoms with E-state index in [0.717, 1.165) is 6.42 Å². The van der Waals surface area contributed by atoms with Crippen molar-refractivity contribution in [3.63, 3.8) is 0 Å². The predicted molar refractivity (Wildman–Crippen MR) is 102 cm³/mol. The van der Waals surface area contributed by atoms with Crippen molar-refractivity contribution in [2.24, 2.45) is 0 Å². The first-order chi connectivity index (χ1) is 10.2. The summed E-state index contributed by atoms with van der Waals surface area (Å²) in [6.45, 7) is 2.15. The molecule has 2 aromatic carbocycles. The van der Waals surface area contributed by atoms with Crippen LogP contribution in [0.4, 0.5) is 0 Å². The van der Waals surface area contributed by atoms with E-state index in [0.29, 0.717) is 0 Å². The van der Waals surface area contributed by atoms with Crippen molar-refractivity contribution in [1.29, 1.82) is 0 Å². The Morgan fingerprint density at radius 1 is 0.857 bits per heavy atom. The second kappa shape index (κ2) is 6.41. The summed E-state index contributed by atoms with van der Waals surface area (Å²) in [5.74, 6) is 0. The van der Waals surface area contributed by atoms with Crippen LogP contribution in [0.5, 0.6) is 0 Å². The molecule has 0 bridgehead atoms. The SMILES string of the molecule is Cc1ccc(S(I)(C2=CCCC=C2)c2ccccc2)cc1. The third-order valence-corrected chi connectivity index (χ3v) is 11.1. The zero-order valence-electron chi connectivity index (χ0n) is 12.1. The second-order valence-electron chi connectivity index (χ2n) is 5.25. The van der Waals surface area contributed by atoms with Crippen molar-refractivity contribution in [3.05, 3.63) is 83.3 Å². The average molecular weight is 406 g/mol. The fourth-order valence-electron chi connectivity index (χ4n) is 2.54. The summed E-state index contributed by atoms with van der Waals surface area (Å²) < 4.78 is 0. The number of hydrogen-bond donors (Lipinski definition) is 0. The van der Waals surface area contributed by atoms with Gasteiger partial charge in [0.25, 0.3) is 0 Å². The summed E-state index contributed by atoms with van der Waals surface area (Å²) in [6.07, 6.45) is 9.39. The second-order valence-corrected chi connectivity index (χ2v) is 11.7. The van der Waals surface area contributed by atoms with E-state index in [1.54, 1.807) is 0 Å². The Morgan fingerprint density at radius 3 is 2.14 bits per heavy atom. The van der Waals surface area contributed by atoms with Gasteiger partial charge in [-0.1, -0.05) is 54.1 Å². The maximum Gasteiger partial charge on any atom is 0.00703 e. The zero-order chi connectivity index (χ0) is 14.7. The molecule has 1 unspecified atom stereocenters. The maximum absolute atomic E-state index is 2.70. The molecule has 0 amide bonds. The van der Waals surface area contributed by atoms with Crippen molar-refractivity contribution in [3.8, 4) is 0 Å². The van der Waals surface area contributed by atoms with E-state index in [1.807, 2.05) is 0 Å². The minimum atomic E-state index is -1.17. The van der Waals surface area contributed by atoms with Gasteiger partial charge < -0.3 is 0 Å². The fourth-order valence-corrected chi connectivity index (χ4v) is 7.77. The van der Waals surface area contributed by atoms with Crippen molar-refractivity contribution in [1.82, 2.24) is 0 Å². The first-order valence-electron chi connectivity index (χ1n) is 7.23. The van der Waals surface area contributed by atoms with Gasteiger partial charge in [-0.3, -0.25) is 0 Å². The van der Waals surface area contributed by atoms with Crippen molar-refractivity contribution in [2.75, 3.05) is 0 Å². The molecule has 0 saturated carbocycles. The molecule has 3 rings (SSSR count). The Bertz CT molecular complexity index is 670. The minimum Gasteiger partial charge on any atom is -0.106 e. The average Bonchev–Trinajstić information content (AvgIpc) is 2.56. The molecule has 0 fully saturated rings. The molecular formula is C19H19IS. The summed E-state index contributed by atoms with van der Waals surface area (Å²) in [7, 11) is -1.17. The van der Waals surface area contributed by atoms with Gasteiger partial charge in [0.05, 0.1) is 0 Å². The van der Waals surface area contributed by atoms with E-state index < -0.39 is 7.20 Å². The predicted octanol–water partition coefficient (Wildman–Crippen LogP) is 6.80. The summed E-state index contributed by atoms with van der Waals surface area (Å²) in [4.78, 5) is 4.33. The number of halogens is 1. The highest BCUT2D eigenvalue weighted by Crippen LogP contribution is 2.74. The van der Waals surface area contributed by atoms with Crippen LogP contribution in [0.25, 0.3) is 0 Å². The Hall–Kier alpha value is -1.00. The molecule has 0 radical (unpaired) electrons. The van der Waals surface area contributed by atoms with Crippen LogP contribution < -0.4 is 0 Å². The van der Waals surface area contributed by atoms with Gasteiger partial charge in [-0.05, 0) is 65.2 Å². The van der Waals surface area contributed by atoms with Gasteiger partial charge in [0.2, 0.25) is 0 Å². The Kier molecular flexibility index (Phi) is 4.55. The monoisotopic (exact) mass is 406 g/mol. The topological polar surface area (TPSA) is 0 Å². The minimum absolute atomic E-state index is 1.16. The van der Waals surface area contributed by atoms with Crippen molar-refractivity contribution >= 4 is 28.4 Å². The van der Waals surface area contributed by atoms with E-state index in [-0.39, 0.29) is 0 Å². The standard InChI is InChI=1S/C19H19IS/c1-16-12-14-19(15-13-16)21(20,17-8-4-2-5-9-17)18-10-6-3-7-11-18/h2,4-6,8-15H,3,7H2,1H3. The van der Waals surface area contributed by atoms with Crippen LogP contribution in [-0.2, 0) is 0 Å². The first kappa shape index (κ1) is 14.9. The number of allylic oxidation sites excluding steroid dienone is 3. The summed E-state index contributed by atoms with van der Waals surface area (Å²) in [5.41, 5.74) is 1.32. The molecular weight excluding hydrogens is 387 g/mol. The Morgan fingerprint density at radius 2 is 1.52 bits per heavy atom. The highest BCUT2D eigenvalue weighted by atomic mass is 127. The molecule has 0 spiro atoms. The molecule has 1 aliphatic rings. The lowest BCUT2D eigenvalue weighted by atomic mass is 10.2. The van der Waals surface area contributed by atoms with Gasteiger partial charge in [0.15, 0.2) is 0 Å². The third kappa shape index (κ3) is 2.97. The smallest absolute Gasteiger partial charge is 0.00703 e. The van der Waals surface area contributed by atoms with Crippen LogP contribution in [0.1, 0.15) is 18.4 Å². The molecule has 2 aromatic rings. The molecule has 0 nitrogen and oxygen atoms in total. The van der Waals surface area contributed by atoms with Gasteiger partial charge in [-0.25, -0.2) is 0 Å². The number of aryl methyl sites for hydroxylation is 1. The molecule has 0 saturated heterocycles. The molecule has 21 heavy (non-hydrogen) atoms. The molecule has 108 valence electrons. The van der Waals surface area contributed by atoms with Gasteiger partial charge >= 0.3 is 0 Å². The quantitative estimate of drug-likeness (QED) is 0.492. The molecule has 0 N–H and O–H groups in total. The highest BCUT2D eigenvalue weighted by molar-refractivity contribution is 14.2. The van der Waals surface area contributed by atoms with E-state index in [2.05, 4.69) is 101 Å². The summed E-state index contributed by atoms with van der Waals surface area (Å²) in [6, 6.07) is 20.0. The number of hydrogen-bond acceptors (Lipinski definition) is 0.